The largest absolute Gasteiger partial charge is 0.238 e. The number of sulfonamides is 2. The molecule has 1 aromatic rings. The summed E-state index contributed by atoms with van der Waals surface area (Å²) in [5, 5.41) is 4.95. The van der Waals surface area contributed by atoms with E-state index in [-0.39, 0.29) is 4.90 Å². The van der Waals surface area contributed by atoms with Crippen LogP contribution in [0.1, 0.15) is 18.5 Å². The molecular weight excluding hydrogens is 264 g/mol. The summed E-state index contributed by atoms with van der Waals surface area (Å²) in [4.78, 5) is -0.00666. The first kappa shape index (κ1) is 14.1. The lowest BCUT2D eigenvalue weighted by Gasteiger charge is -2.12. The summed E-state index contributed by atoms with van der Waals surface area (Å²) in [7, 11) is -7.02. The van der Waals surface area contributed by atoms with Gasteiger partial charge in [-0.1, -0.05) is 12.1 Å². The molecule has 0 bridgehead atoms. The Balaban J connectivity index is 2.96. The lowest BCUT2D eigenvalue weighted by molar-refractivity contribution is 0.572. The van der Waals surface area contributed by atoms with Crippen LogP contribution in [0.2, 0.25) is 0 Å². The van der Waals surface area contributed by atoms with Gasteiger partial charge in [-0.2, -0.15) is 0 Å². The van der Waals surface area contributed by atoms with Crippen molar-refractivity contribution in [1.82, 2.24) is 4.72 Å². The second kappa shape index (κ2) is 4.73. The van der Waals surface area contributed by atoms with Crippen LogP contribution in [0.5, 0.6) is 0 Å². The van der Waals surface area contributed by atoms with Crippen molar-refractivity contribution in [3.63, 3.8) is 0 Å². The van der Waals surface area contributed by atoms with E-state index in [1.54, 1.807) is 6.92 Å². The monoisotopic (exact) mass is 278 g/mol. The molecule has 8 heteroatoms. The Hall–Kier alpha value is -0.960. The van der Waals surface area contributed by atoms with Gasteiger partial charge in [-0.15, -0.1) is 0 Å². The van der Waals surface area contributed by atoms with Crippen molar-refractivity contribution >= 4 is 20.0 Å². The molecule has 96 valence electrons. The Morgan fingerprint density at radius 3 is 1.94 bits per heavy atom. The third-order valence-corrected chi connectivity index (χ3v) is 3.81. The molecule has 0 aliphatic heterocycles. The molecule has 0 aromatic heterocycles. The van der Waals surface area contributed by atoms with Crippen molar-refractivity contribution in [1.29, 1.82) is 0 Å². The lowest BCUT2D eigenvalue weighted by Crippen LogP contribution is -2.25. The average Bonchev–Trinajstić information content (AvgIpc) is 2.14. The number of benzene rings is 1. The predicted octanol–water partition coefficient (Wildman–Crippen LogP) is -0.0558. The second-order valence-corrected chi connectivity index (χ2v) is 7.07. The Labute approximate surface area is 101 Å². The molecule has 3 N–H and O–H groups in total. The molecule has 1 rings (SSSR count). The molecule has 6 nitrogen and oxygen atoms in total. The van der Waals surface area contributed by atoms with Gasteiger partial charge in [0.05, 0.1) is 11.2 Å². The molecule has 1 unspecified atom stereocenters. The molecule has 0 fully saturated rings. The van der Waals surface area contributed by atoms with E-state index in [4.69, 9.17) is 5.14 Å². The summed E-state index contributed by atoms with van der Waals surface area (Å²) in [5.41, 5.74) is 0.655. The van der Waals surface area contributed by atoms with E-state index in [1.807, 2.05) is 0 Å². The van der Waals surface area contributed by atoms with E-state index in [0.717, 1.165) is 6.26 Å². The maximum absolute atomic E-state index is 11.0. The molecule has 0 aliphatic rings. The standard InChI is InChI=1S/C9H14N2O4S2/c1-7(11-16(2,12)13)8-3-5-9(6-4-8)17(10,14)15/h3-7,11H,1-2H3,(H2,10,14,15). The predicted molar refractivity (Wildman–Crippen MR) is 64.2 cm³/mol. The number of primary sulfonamides is 1. The number of rotatable bonds is 4. The molecule has 0 radical (unpaired) electrons. The molecule has 0 heterocycles. The highest BCUT2D eigenvalue weighted by Gasteiger charge is 2.12. The summed E-state index contributed by atoms with van der Waals surface area (Å²) in [5.74, 6) is 0. The average molecular weight is 278 g/mol. The summed E-state index contributed by atoms with van der Waals surface area (Å²) < 4.78 is 46.4. The molecule has 0 saturated heterocycles. The maximum Gasteiger partial charge on any atom is 0.238 e. The zero-order chi connectivity index (χ0) is 13.3. The third-order valence-electron chi connectivity index (χ3n) is 2.10. The highest BCUT2D eigenvalue weighted by Crippen LogP contribution is 2.15. The van der Waals surface area contributed by atoms with E-state index in [9.17, 15) is 16.8 Å². The van der Waals surface area contributed by atoms with Crippen molar-refractivity contribution < 1.29 is 16.8 Å². The topological polar surface area (TPSA) is 106 Å². The van der Waals surface area contributed by atoms with Gasteiger partial charge >= 0.3 is 0 Å². The zero-order valence-corrected chi connectivity index (χ0v) is 11.0. The Bertz CT molecular complexity index is 590. The van der Waals surface area contributed by atoms with Gasteiger partial charge in [0.2, 0.25) is 20.0 Å². The van der Waals surface area contributed by atoms with Crippen LogP contribution in [0.15, 0.2) is 29.2 Å². The molecular formula is C9H14N2O4S2. The van der Waals surface area contributed by atoms with E-state index >= 15 is 0 Å². The molecule has 0 amide bonds. The number of nitrogens with one attached hydrogen (secondary N) is 1. The third kappa shape index (κ3) is 4.43. The lowest BCUT2D eigenvalue weighted by atomic mass is 10.1. The zero-order valence-electron chi connectivity index (χ0n) is 9.41. The normalized spacial score (nSPS) is 14.5. The molecule has 1 atom stereocenters. The fourth-order valence-electron chi connectivity index (χ4n) is 1.34. The minimum absolute atomic E-state index is 0.00666. The van der Waals surface area contributed by atoms with E-state index < -0.39 is 26.1 Å². The fraction of sp³-hybridized carbons (Fsp3) is 0.333. The van der Waals surface area contributed by atoms with Crippen LogP contribution < -0.4 is 9.86 Å². The SMILES string of the molecule is CC(NS(C)(=O)=O)c1ccc(S(N)(=O)=O)cc1. The Morgan fingerprint density at radius 1 is 1.12 bits per heavy atom. The van der Waals surface area contributed by atoms with Crippen molar-refractivity contribution in [2.45, 2.75) is 17.9 Å². The quantitative estimate of drug-likeness (QED) is 0.804. The first-order valence-corrected chi connectivity index (χ1v) is 8.13. The summed E-state index contributed by atoms with van der Waals surface area (Å²) in [6.45, 7) is 1.66. The van der Waals surface area contributed by atoms with Crippen LogP contribution in [0.25, 0.3) is 0 Å². The van der Waals surface area contributed by atoms with Crippen LogP contribution in [0.3, 0.4) is 0 Å². The van der Waals surface area contributed by atoms with E-state index in [2.05, 4.69) is 4.72 Å². The fourth-order valence-corrected chi connectivity index (χ4v) is 2.63. The van der Waals surface area contributed by atoms with Gasteiger partial charge in [-0.25, -0.2) is 26.7 Å². The smallest absolute Gasteiger partial charge is 0.225 e. The van der Waals surface area contributed by atoms with E-state index in [0.29, 0.717) is 5.56 Å². The number of hydrogen-bond donors (Lipinski definition) is 2. The van der Waals surface area contributed by atoms with E-state index in [1.165, 1.54) is 24.3 Å². The summed E-state index contributed by atoms with van der Waals surface area (Å²) in [6.07, 6.45) is 1.06. The minimum Gasteiger partial charge on any atom is -0.225 e. The maximum atomic E-state index is 11.0. The molecule has 0 aliphatic carbocycles. The first-order chi connectivity index (χ1) is 7.59. The summed E-state index contributed by atoms with van der Waals surface area (Å²) >= 11 is 0. The van der Waals surface area contributed by atoms with Gasteiger partial charge in [-0.3, -0.25) is 0 Å². The first-order valence-electron chi connectivity index (χ1n) is 4.69. The van der Waals surface area contributed by atoms with Gasteiger partial charge in [0.15, 0.2) is 0 Å². The highest BCUT2D eigenvalue weighted by molar-refractivity contribution is 7.89. The van der Waals surface area contributed by atoms with Crippen LogP contribution in [0.4, 0.5) is 0 Å². The van der Waals surface area contributed by atoms with Gasteiger partial charge in [0.25, 0.3) is 0 Å². The number of nitrogens with two attached hydrogens (primary N) is 1. The van der Waals surface area contributed by atoms with Crippen LogP contribution >= 0.6 is 0 Å². The van der Waals surface area contributed by atoms with Crippen molar-refractivity contribution in [2.24, 2.45) is 5.14 Å². The Kier molecular flexibility index (Phi) is 3.92. The van der Waals surface area contributed by atoms with Gasteiger partial charge in [-0.05, 0) is 24.6 Å². The van der Waals surface area contributed by atoms with Crippen LogP contribution in [0, 0.1) is 0 Å². The summed E-state index contributed by atoms with van der Waals surface area (Å²) in [6, 6.07) is 5.28. The molecule has 0 spiro atoms. The molecule has 0 saturated carbocycles. The van der Waals surface area contributed by atoms with Crippen molar-refractivity contribution in [3.8, 4) is 0 Å². The van der Waals surface area contributed by atoms with Crippen LogP contribution in [-0.4, -0.2) is 23.1 Å². The highest BCUT2D eigenvalue weighted by atomic mass is 32.2. The molecule has 1 aromatic carbocycles. The van der Waals surface area contributed by atoms with Gasteiger partial charge < -0.3 is 0 Å². The van der Waals surface area contributed by atoms with Gasteiger partial charge in [0.1, 0.15) is 0 Å². The molecule has 17 heavy (non-hydrogen) atoms. The van der Waals surface area contributed by atoms with Gasteiger partial charge in [0, 0.05) is 6.04 Å². The minimum atomic E-state index is -3.72. The van der Waals surface area contributed by atoms with Crippen molar-refractivity contribution in [3.05, 3.63) is 29.8 Å². The van der Waals surface area contributed by atoms with Crippen LogP contribution in [-0.2, 0) is 20.0 Å². The second-order valence-electron chi connectivity index (χ2n) is 3.73. The van der Waals surface area contributed by atoms with Crippen molar-refractivity contribution in [2.75, 3.05) is 6.26 Å². The Morgan fingerprint density at radius 2 is 1.59 bits per heavy atom. The number of hydrogen-bond acceptors (Lipinski definition) is 4.